The zero-order valence-electron chi connectivity index (χ0n) is 9.19. The Kier molecular flexibility index (Phi) is 3.41. The Morgan fingerprint density at radius 2 is 2.38 bits per heavy atom. The normalized spacial score (nSPS) is 28.3. The van der Waals surface area contributed by atoms with Gasteiger partial charge in [0, 0.05) is 31.0 Å². The zero-order chi connectivity index (χ0) is 11.6. The van der Waals surface area contributed by atoms with Gasteiger partial charge in [-0.05, 0) is 18.3 Å². The van der Waals surface area contributed by atoms with Crippen molar-refractivity contribution in [3.05, 3.63) is 0 Å². The lowest BCUT2D eigenvalue weighted by Crippen LogP contribution is -2.49. The van der Waals surface area contributed by atoms with E-state index in [0.29, 0.717) is 12.2 Å². The maximum atomic E-state index is 11.1. The largest absolute Gasteiger partial charge is 0.480 e. The number of carbonyl (C=O) groups is 1. The van der Waals surface area contributed by atoms with Crippen LogP contribution in [0.5, 0.6) is 0 Å². The van der Waals surface area contributed by atoms with E-state index in [1.54, 1.807) is 11.8 Å². The summed E-state index contributed by atoms with van der Waals surface area (Å²) in [6.07, 6.45) is 2.73. The van der Waals surface area contributed by atoms with Gasteiger partial charge in [0.1, 0.15) is 6.04 Å². The molecule has 0 radical (unpaired) electrons. The maximum absolute atomic E-state index is 11.1. The van der Waals surface area contributed by atoms with Gasteiger partial charge in [-0.3, -0.25) is 9.69 Å². The Hall–Kier alpha value is -0.730. The van der Waals surface area contributed by atoms with Crippen molar-refractivity contribution in [2.75, 3.05) is 24.6 Å². The first-order valence-corrected chi connectivity index (χ1v) is 6.74. The number of nitriles is 1. The Labute approximate surface area is 99.6 Å². The third-order valence-corrected chi connectivity index (χ3v) is 4.50. The Balaban J connectivity index is 1.97. The molecule has 1 unspecified atom stereocenters. The average molecular weight is 240 g/mol. The molecule has 16 heavy (non-hydrogen) atoms. The third kappa shape index (κ3) is 2.50. The molecule has 1 saturated carbocycles. The summed E-state index contributed by atoms with van der Waals surface area (Å²) >= 11 is 1.71. The van der Waals surface area contributed by atoms with Crippen LogP contribution in [-0.4, -0.2) is 46.6 Å². The van der Waals surface area contributed by atoms with Crippen LogP contribution in [0, 0.1) is 16.7 Å². The lowest BCUT2D eigenvalue weighted by molar-refractivity contribution is -0.142. The lowest BCUT2D eigenvalue weighted by atomic mass is 10.0. The summed E-state index contributed by atoms with van der Waals surface area (Å²) in [6.45, 7) is 1.63. The molecule has 1 aliphatic carbocycles. The summed E-state index contributed by atoms with van der Waals surface area (Å²) in [4.78, 5) is 13.2. The van der Waals surface area contributed by atoms with Crippen molar-refractivity contribution in [3.8, 4) is 6.07 Å². The predicted octanol–water partition coefficient (Wildman–Crippen LogP) is 1.18. The first kappa shape index (κ1) is 11.7. The number of carboxylic acids is 1. The van der Waals surface area contributed by atoms with E-state index in [9.17, 15) is 4.79 Å². The van der Waals surface area contributed by atoms with Gasteiger partial charge in [-0.15, -0.1) is 0 Å². The quantitative estimate of drug-likeness (QED) is 0.799. The smallest absolute Gasteiger partial charge is 0.321 e. The summed E-state index contributed by atoms with van der Waals surface area (Å²) < 4.78 is 0. The highest BCUT2D eigenvalue weighted by Gasteiger charge is 2.45. The van der Waals surface area contributed by atoms with Crippen LogP contribution in [0.4, 0.5) is 0 Å². The lowest BCUT2D eigenvalue weighted by Gasteiger charge is -2.34. The minimum absolute atomic E-state index is 0.116. The second-order valence-electron chi connectivity index (χ2n) is 4.73. The molecule has 0 amide bonds. The first-order chi connectivity index (χ1) is 7.67. The van der Waals surface area contributed by atoms with Crippen LogP contribution in [0.3, 0.4) is 0 Å². The van der Waals surface area contributed by atoms with Crippen molar-refractivity contribution in [1.29, 1.82) is 5.26 Å². The Bertz CT molecular complexity index is 322. The summed E-state index contributed by atoms with van der Waals surface area (Å²) in [5, 5.41) is 17.9. The average Bonchev–Trinajstić information content (AvgIpc) is 2.99. The van der Waals surface area contributed by atoms with Crippen LogP contribution >= 0.6 is 11.8 Å². The van der Waals surface area contributed by atoms with Crippen LogP contribution in [0.15, 0.2) is 0 Å². The van der Waals surface area contributed by atoms with Crippen molar-refractivity contribution in [2.24, 2.45) is 5.41 Å². The predicted molar refractivity (Wildman–Crippen MR) is 62.2 cm³/mol. The molecule has 1 N–H and O–H groups in total. The molecule has 0 aromatic rings. The molecule has 2 rings (SSSR count). The van der Waals surface area contributed by atoms with Gasteiger partial charge in [0.05, 0.1) is 6.07 Å². The number of aliphatic carboxylic acids is 1. The fourth-order valence-electron chi connectivity index (χ4n) is 2.22. The molecule has 0 aromatic heterocycles. The van der Waals surface area contributed by atoms with Crippen LogP contribution in [0.2, 0.25) is 0 Å². The van der Waals surface area contributed by atoms with Gasteiger partial charge in [0.15, 0.2) is 0 Å². The molecule has 1 aliphatic heterocycles. The van der Waals surface area contributed by atoms with E-state index in [1.165, 1.54) is 0 Å². The van der Waals surface area contributed by atoms with Crippen LogP contribution in [0.1, 0.15) is 19.3 Å². The molecule has 0 spiro atoms. The van der Waals surface area contributed by atoms with E-state index in [1.807, 2.05) is 0 Å². The molecule has 4 nitrogen and oxygen atoms in total. The second-order valence-corrected chi connectivity index (χ2v) is 5.88. The molecule has 0 aromatic carbocycles. The standard InChI is InChI=1S/C11H16N2O2S/c12-4-3-11(1-2-11)8-13-5-6-16-7-9(13)10(14)15/h9H,1-3,5-8H2,(H,14,15). The number of thioether (sulfide) groups is 1. The van der Waals surface area contributed by atoms with E-state index < -0.39 is 5.97 Å². The number of rotatable bonds is 4. The van der Waals surface area contributed by atoms with Crippen LogP contribution < -0.4 is 0 Å². The first-order valence-electron chi connectivity index (χ1n) is 5.58. The van der Waals surface area contributed by atoms with E-state index in [4.69, 9.17) is 10.4 Å². The monoisotopic (exact) mass is 240 g/mol. The van der Waals surface area contributed by atoms with Gasteiger partial charge in [-0.25, -0.2) is 0 Å². The molecule has 1 heterocycles. The van der Waals surface area contributed by atoms with Gasteiger partial charge in [-0.1, -0.05) is 0 Å². The van der Waals surface area contributed by atoms with Crippen molar-refractivity contribution in [2.45, 2.75) is 25.3 Å². The van der Waals surface area contributed by atoms with Crippen molar-refractivity contribution in [1.82, 2.24) is 4.90 Å². The Morgan fingerprint density at radius 3 is 2.94 bits per heavy atom. The molecule has 5 heteroatoms. The van der Waals surface area contributed by atoms with Gasteiger partial charge < -0.3 is 5.11 Å². The van der Waals surface area contributed by atoms with E-state index >= 15 is 0 Å². The highest BCUT2D eigenvalue weighted by Crippen LogP contribution is 2.49. The highest BCUT2D eigenvalue weighted by molar-refractivity contribution is 7.99. The van der Waals surface area contributed by atoms with Gasteiger partial charge in [0.25, 0.3) is 0 Å². The molecular weight excluding hydrogens is 224 g/mol. The summed E-state index contributed by atoms with van der Waals surface area (Å²) in [5.74, 6) is 0.963. The third-order valence-electron chi connectivity index (χ3n) is 3.47. The number of carboxylic acid groups (broad SMARTS) is 1. The molecular formula is C11H16N2O2S. The van der Waals surface area contributed by atoms with E-state index in [-0.39, 0.29) is 11.5 Å². The Morgan fingerprint density at radius 1 is 1.62 bits per heavy atom. The van der Waals surface area contributed by atoms with Crippen molar-refractivity contribution >= 4 is 17.7 Å². The van der Waals surface area contributed by atoms with Gasteiger partial charge in [-0.2, -0.15) is 17.0 Å². The SMILES string of the molecule is N#CCC1(CN2CCSCC2C(=O)O)CC1. The summed E-state index contributed by atoms with van der Waals surface area (Å²) in [5.41, 5.74) is 0.116. The minimum Gasteiger partial charge on any atom is -0.480 e. The second kappa shape index (κ2) is 4.64. The summed E-state index contributed by atoms with van der Waals surface area (Å²) in [7, 11) is 0. The number of hydrogen-bond acceptors (Lipinski definition) is 4. The van der Waals surface area contributed by atoms with Gasteiger partial charge >= 0.3 is 5.97 Å². The summed E-state index contributed by atoms with van der Waals surface area (Å²) in [6, 6.07) is 1.87. The maximum Gasteiger partial charge on any atom is 0.321 e. The zero-order valence-corrected chi connectivity index (χ0v) is 10.0. The van der Waals surface area contributed by atoms with E-state index in [0.717, 1.165) is 31.7 Å². The molecule has 2 fully saturated rings. The molecule has 2 aliphatic rings. The molecule has 1 atom stereocenters. The molecule has 0 bridgehead atoms. The number of hydrogen-bond donors (Lipinski definition) is 1. The molecule has 88 valence electrons. The van der Waals surface area contributed by atoms with Crippen molar-refractivity contribution in [3.63, 3.8) is 0 Å². The number of nitrogens with zero attached hydrogens (tertiary/aromatic N) is 2. The van der Waals surface area contributed by atoms with Crippen molar-refractivity contribution < 1.29 is 9.90 Å². The highest BCUT2D eigenvalue weighted by atomic mass is 32.2. The topological polar surface area (TPSA) is 64.3 Å². The minimum atomic E-state index is -0.722. The molecule has 1 saturated heterocycles. The van der Waals surface area contributed by atoms with Gasteiger partial charge in [0.2, 0.25) is 0 Å². The van der Waals surface area contributed by atoms with Crippen LogP contribution in [0.25, 0.3) is 0 Å². The van der Waals surface area contributed by atoms with Crippen LogP contribution in [-0.2, 0) is 4.79 Å². The fourth-order valence-corrected chi connectivity index (χ4v) is 3.33. The fraction of sp³-hybridized carbons (Fsp3) is 0.818. The van der Waals surface area contributed by atoms with E-state index in [2.05, 4.69) is 11.0 Å².